The van der Waals surface area contributed by atoms with E-state index in [2.05, 4.69) is 328 Å². The van der Waals surface area contributed by atoms with Gasteiger partial charge in [-0.05, 0) is 119 Å². The van der Waals surface area contributed by atoms with Crippen molar-refractivity contribution in [2.24, 2.45) is 0 Å². The molecule has 5 heterocycles. The number of para-hydroxylation sites is 6. The van der Waals surface area contributed by atoms with Crippen molar-refractivity contribution < 1.29 is 0 Å². The maximum absolute atomic E-state index is 5.51. The highest BCUT2D eigenvalue weighted by atomic mass is 15.0. The number of benzene rings is 13. The second-order valence-electron chi connectivity index (χ2n) is 22.9. The lowest BCUT2D eigenvalue weighted by Crippen LogP contribution is -2.02. The molecule has 5 aromatic heterocycles. The van der Waals surface area contributed by atoms with Crippen LogP contribution in [0.4, 0.5) is 0 Å². The van der Waals surface area contributed by atoms with Crippen molar-refractivity contribution >= 4 is 87.2 Å². The Morgan fingerprint density at radius 3 is 0.818 bits per heavy atom. The summed E-state index contributed by atoms with van der Waals surface area (Å²) in [6, 6.07) is 115. The molecule has 0 saturated heterocycles. The molecule has 0 unspecified atom stereocenters. The van der Waals surface area contributed by atoms with Crippen LogP contribution in [0.15, 0.2) is 315 Å². The van der Waals surface area contributed by atoms with Gasteiger partial charge in [0.2, 0.25) is 0 Å². The molecule has 0 radical (unpaired) electrons. The number of aromatic nitrogens is 6. The summed E-state index contributed by atoms with van der Waals surface area (Å²) >= 11 is 0. The van der Waals surface area contributed by atoms with Crippen LogP contribution in [0.5, 0.6) is 0 Å². The van der Waals surface area contributed by atoms with Gasteiger partial charge in [-0.1, -0.05) is 218 Å². The average molecular weight is 1120 g/mol. The average Bonchev–Trinajstić information content (AvgIpc) is 1.77. The Kier molecular flexibility index (Phi) is 11.2. The van der Waals surface area contributed by atoms with Crippen molar-refractivity contribution in [3.05, 3.63) is 315 Å². The third-order valence-electron chi connectivity index (χ3n) is 17.9. The van der Waals surface area contributed by atoms with Gasteiger partial charge in [-0.15, -0.1) is 0 Å². The van der Waals surface area contributed by atoms with Crippen LogP contribution in [0.1, 0.15) is 0 Å². The highest BCUT2D eigenvalue weighted by Gasteiger charge is 2.22. The molecule has 0 aliphatic heterocycles. The molecule has 0 spiro atoms. The summed E-state index contributed by atoms with van der Waals surface area (Å²) in [7, 11) is 0. The van der Waals surface area contributed by atoms with Gasteiger partial charge < -0.3 is 18.3 Å². The van der Waals surface area contributed by atoms with Crippen LogP contribution in [0.25, 0.3) is 166 Å². The Balaban J connectivity index is 0.887. The fourth-order valence-electron chi connectivity index (χ4n) is 13.9. The lowest BCUT2D eigenvalue weighted by atomic mass is 10.0. The third kappa shape index (κ3) is 7.89. The maximum Gasteiger partial charge on any atom is 0.160 e. The molecule has 6 heteroatoms. The Morgan fingerprint density at radius 2 is 0.455 bits per heavy atom. The second kappa shape index (κ2) is 19.9. The Morgan fingerprint density at radius 1 is 0.170 bits per heavy atom. The van der Waals surface area contributed by atoms with Gasteiger partial charge in [0.05, 0.1) is 55.5 Å². The number of hydrogen-bond acceptors (Lipinski definition) is 2. The summed E-state index contributed by atoms with van der Waals surface area (Å²) in [5.41, 5.74) is 22.6. The fourth-order valence-corrected chi connectivity index (χ4v) is 13.9. The van der Waals surface area contributed by atoms with E-state index in [4.69, 9.17) is 9.97 Å². The SMILES string of the molecule is c1ccc(-c2cc(-c3cc(-n4c5ccccc5c5ccc(-c6ccc7c8ccccc8n(-c8ccccc8)c7c6)cc54)cc(-n4c5ccccc5c5ccc(-c6ccc7c8ccccc8n(-c8ccccc8)c7c6)cc54)c3)nc(-c3ccccc3)n2)cc1. The van der Waals surface area contributed by atoms with Crippen molar-refractivity contribution in [1.29, 1.82) is 0 Å². The summed E-state index contributed by atoms with van der Waals surface area (Å²) in [5.74, 6) is 0.665. The summed E-state index contributed by atoms with van der Waals surface area (Å²) in [5, 5.41) is 9.63. The van der Waals surface area contributed by atoms with Gasteiger partial charge in [-0.3, -0.25) is 0 Å². The molecule has 88 heavy (non-hydrogen) atoms. The van der Waals surface area contributed by atoms with Crippen LogP contribution in [0, 0.1) is 0 Å². The quantitative estimate of drug-likeness (QED) is 0.145. The topological polar surface area (TPSA) is 45.5 Å². The summed E-state index contributed by atoms with van der Waals surface area (Å²) in [6.45, 7) is 0. The van der Waals surface area contributed by atoms with Gasteiger partial charge in [0, 0.05) is 82.5 Å². The second-order valence-corrected chi connectivity index (χ2v) is 22.9. The minimum Gasteiger partial charge on any atom is -0.309 e. The summed E-state index contributed by atoms with van der Waals surface area (Å²) < 4.78 is 9.74. The summed E-state index contributed by atoms with van der Waals surface area (Å²) in [4.78, 5) is 10.8. The zero-order valence-corrected chi connectivity index (χ0v) is 47.7. The fraction of sp³-hybridized carbons (Fsp3) is 0. The van der Waals surface area contributed by atoms with E-state index in [1.165, 1.54) is 65.2 Å². The zero-order chi connectivity index (χ0) is 57.8. The molecule has 6 nitrogen and oxygen atoms in total. The zero-order valence-electron chi connectivity index (χ0n) is 47.7. The summed E-state index contributed by atoms with van der Waals surface area (Å²) in [6.07, 6.45) is 0. The highest BCUT2D eigenvalue weighted by molar-refractivity contribution is 6.14. The van der Waals surface area contributed by atoms with Gasteiger partial charge in [0.1, 0.15) is 0 Å². The van der Waals surface area contributed by atoms with E-state index in [1.807, 2.05) is 6.07 Å². The molecule has 0 aliphatic rings. The first-order chi connectivity index (χ1) is 43.6. The van der Waals surface area contributed by atoms with Crippen molar-refractivity contribution in [3.63, 3.8) is 0 Å². The first kappa shape index (κ1) is 49.6. The predicted molar refractivity (Wildman–Crippen MR) is 367 cm³/mol. The molecule has 18 aromatic rings. The highest BCUT2D eigenvalue weighted by Crippen LogP contribution is 2.43. The normalized spacial score (nSPS) is 11.9. The van der Waals surface area contributed by atoms with E-state index in [1.54, 1.807) is 0 Å². The number of hydrogen-bond donors (Lipinski definition) is 0. The molecule has 0 amide bonds. The molecule has 410 valence electrons. The van der Waals surface area contributed by atoms with Gasteiger partial charge in [-0.25, -0.2) is 9.97 Å². The number of nitrogens with zero attached hydrogens (tertiary/aromatic N) is 6. The number of fused-ring (bicyclic) bond motifs is 12. The van der Waals surface area contributed by atoms with Crippen LogP contribution in [0.3, 0.4) is 0 Å². The lowest BCUT2D eigenvalue weighted by Gasteiger charge is -2.17. The molecular formula is C82H52N6. The molecule has 13 aromatic carbocycles. The van der Waals surface area contributed by atoms with Crippen molar-refractivity contribution in [1.82, 2.24) is 28.2 Å². The molecule has 0 saturated carbocycles. The Bertz CT molecular complexity index is 5440. The minimum absolute atomic E-state index is 0.665. The first-order valence-corrected chi connectivity index (χ1v) is 30.0. The van der Waals surface area contributed by atoms with Crippen molar-refractivity contribution in [3.8, 4) is 78.9 Å². The molecular weight excluding hydrogens is 1070 g/mol. The Labute approximate surface area is 507 Å². The lowest BCUT2D eigenvalue weighted by molar-refractivity contribution is 1.13. The minimum atomic E-state index is 0.665. The molecule has 0 fully saturated rings. The van der Waals surface area contributed by atoms with Gasteiger partial charge in [0.25, 0.3) is 0 Å². The van der Waals surface area contributed by atoms with E-state index in [0.29, 0.717) is 5.82 Å². The van der Waals surface area contributed by atoms with E-state index in [9.17, 15) is 0 Å². The van der Waals surface area contributed by atoms with Crippen LogP contribution in [0.2, 0.25) is 0 Å². The van der Waals surface area contributed by atoms with Crippen LogP contribution in [-0.2, 0) is 0 Å². The first-order valence-electron chi connectivity index (χ1n) is 30.0. The van der Waals surface area contributed by atoms with Crippen LogP contribution >= 0.6 is 0 Å². The van der Waals surface area contributed by atoms with Gasteiger partial charge in [-0.2, -0.15) is 0 Å². The van der Waals surface area contributed by atoms with Crippen LogP contribution < -0.4 is 0 Å². The van der Waals surface area contributed by atoms with E-state index >= 15 is 0 Å². The van der Waals surface area contributed by atoms with Crippen LogP contribution in [-0.4, -0.2) is 28.2 Å². The van der Waals surface area contributed by atoms with E-state index in [0.717, 1.165) is 95.1 Å². The van der Waals surface area contributed by atoms with E-state index < -0.39 is 0 Å². The third-order valence-corrected chi connectivity index (χ3v) is 17.9. The predicted octanol–water partition coefficient (Wildman–Crippen LogP) is 21.2. The molecule has 18 rings (SSSR count). The largest absolute Gasteiger partial charge is 0.309 e. The number of rotatable bonds is 9. The molecule has 0 bridgehead atoms. The smallest absolute Gasteiger partial charge is 0.160 e. The van der Waals surface area contributed by atoms with E-state index in [-0.39, 0.29) is 0 Å². The molecule has 0 N–H and O–H groups in total. The van der Waals surface area contributed by atoms with Gasteiger partial charge in [0.15, 0.2) is 5.82 Å². The monoisotopic (exact) mass is 1120 g/mol. The van der Waals surface area contributed by atoms with Crippen molar-refractivity contribution in [2.45, 2.75) is 0 Å². The standard InChI is InChI=1S/C82H52N6/c1-5-21-53(22-6-1)72-52-73(84-82(83-72)54-23-7-2-8-24-54)59-45-62(87-76-35-19-15-31-66(76)70-43-39-57(49-80(70)87)55-37-41-68-64-29-13-17-33-74(64)85(78(68)47-55)60-25-9-3-10-26-60)51-63(46-59)88-77-36-20-16-32-67(77)71-44-40-58(50-81(71)88)56-38-42-69-65-30-14-18-34-75(65)86(79(69)48-56)61-27-11-4-12-28-61/h1-52H. The van der Waals surface area contributed by atoms with Crippen molar-refractivity contribution in [2.75, 3.05) is 0 Å². The molecule has 0 atom stereocenters. The van der Waals surface area contributed by atoms with Gasteiger partial charge >= 0.3 is 0 Å². The molecule has 0 aliphatic carbocycles. The maximum atomic E-state index is 5.51. The Hall–Kier alpha value is -11.9.